The van der Waals surface area contributed by atoms with Crippen LogP contribution in [0.2, 0.25) is 0 Å². The van der Waals surface area contributed by atoms with Crippen molar-refractivity contribution < 1.29 is 14.3 Å². The van der Waals surface area contributed by atoms with Gasteiger partial charge >= 0.3 is 0 Å². The lowest BCUT2D eigenvalue weighted by molar-refractivity contribution is 0.0732. The molecule has 3 rings (SSSR count). The smallest absolute Gasteiger partial charge is 0.270 e. The van der Waals surface area contributed by atoms with Gasteiger partial charge in [-0.2, -0.15) is 0 Å². The third-order valence-electron chi connectivity index (χ3n) is 4.99. The molecule has 0 aliphatic carbocycles. The van der Waals surface area contributed by atoms with Crippen molar-refractivity contribution in [3.63, 3.8) is 0 Å². The van der Waals surface area contributed by atoms with Crippen LogP contribution >= 0.6 is 0 Å². The van der Waals surface area contributed by atoms with Gasteiger partial charge in [0.15, 0.2) is 0 Å². The fraction of sp³-hybridized carbons (Fsp3) is 0.476. The summed E-state index contributed by atoms with van der Waals surface area (Å²) in [6, 6.07) is 10.7. The summed E-state index contributed by atoms with van der Waals surface area (Å²) in [7, 11) is 5.14. The van der Waals surface area contributed by atoms with Gasteiger partial charge in [-0.25, -0.2) is 0 Å². The van der Waals surface area contributed by atoms with Crippen molar-refractivity contribution in [1.82, 2.24) is 14.0 Å². The van der Waals surface area contributed by atoms with Gasteiger partial charge in [-0.3, -0.25) is 4.79 Å². The molecule has 2 heterocycles. The van der Waals surface area contributed by atoms with E-state index in [-0.39, 0.29) is 5.91 Å². The van der Waals surface area contributed by atoms with Crippen molar-refractivity contribution in [2.24, 2.45) is 0 Å². The molecule has 0 spiro atoms. The number of ether oxygens (including phenoxy) is 2. The van der Waals surface area contributed by atoms with Crippen LogP contribution in [0.5, 0.6) is 0 Å². The van der Waals surface area contributed by atoms with E-state index >= 15 is 0 Å². The van der Waals surface area contributed by atoms with Gasteiger partial charge in [0.05, 0.1) is 29.8 Å². The van der Waals surface area contributed by atoms with E-state index in [1.165, 1.54) is 5.52 Å². The number of aromatic nitrogens is 2. The molecular weight excluding hydrogens is 342 g/mol. The number of para-hydroxylation sites is 1. The second-order valence-corrected chi connectivity index (χ2v) is 7.11. The summed E-state index contributed by atoms with van der Waals surface area (Å²) in [5.74, 6) is -0.00117. The number of amides is 1. The van der Waals surface area contributed by atoms with Crippen molar-refractivity contribution in [1.29, 1.82) is 0 Å². The highest BCUT2D eigenvalue weighted by Crippen LogP contribution is 2.34. The molecule has 0 aliphatic rings. The predicted octanol–water partition coefficient (Wildman–Crippen LogP) is 3.54. The van der Waals surface area contributed by atoms with E-state index in [9.17, 15) is 4.79 Å². The van der Waals surface area contributed by atoms with Gasteiger partial charge in [0, 0.05) is 45.8 Å². The molecule has 0 radical (unpaired) electrons. The number of carbonyl (C=O) groups is 1. The average molecular weight is 371 g/mol. The number of likely N-dealkylation sites (N-methyl/N-ethyl adjacent to an activating group) is 1. The monoisotopic (exact) mass is 371 g/mol. The molecule has 0 unspecified atom stereocenters. The van der Waals surface area contributed by atoms with Crippen molar-refractivity contribution in [3.8, 4) is 0 Å². The lowest BCUT2D eigenvalue weighted by atomic mass is 10.2. The molecular formula is C21H29N3O3. The Hall–Kier alpha value is -2.31. The Kier molecular flexibility index (Phi) is 5.87. The van der Waals surface area contributed by atoms with Crippen LogP contribution in [-0.4, -0.2) is 61.0 Å². The molecule has 6 nitrogen and oxygen atoms in total. The molecule has 0 bridgehead atoms. The number of hydrogen-bond donors (Lipinski definition) is 0. The Morgan fingerprint density at radius 2 is 1.81 bits per heavy atom. The van der Waals surface area contributed by atoms with E-state index in [2.05, 4.69) is 41.2 Å². The molecule has 1 aromatic carbocycles. The van der Waals surface area contributed by atoms with Crippen LogP contribution in [0.1, 0.15) is 30.4 Å². The number of hydrogen-bond acceptors (Lipinski definition) is 3. The molecule has 0 saturated heterocycles. The zero-order valence-corrected chi connectivity index (χ0v) is 16.9. The lowest BCUT2D eigenvalue weighted by Gasteiger charge is -2.18. The van der Waals surface area contributed by atoms with Gasteiger partial charge in [-0.1, -0.05) is 18.2 Å². The summed E-state index contributed by atoms with van der Waals surface area (Å²) in [5.41, 5.74) is 4.07. The van der Waals surface area contributed by atoms with Crippen LogP contribution in [0.3, 0.4) is 0 Å². The molecule has 0 saturated carbocycles. The van der Waals surface area contributed by atoms with Crippen LogP contribution < -0.4 is 0 Å². The van der Waals surface area contributed by atoms with Crippen LogP contribution in [0.15, 0.2) is 30.3 Å². The van der Waals surface area contributed by atoms with Gasteiger partial charge in [0.25, 0.3) is 5.91 Å². The van der Waals surface area contributed by atoms with Gasteiger partial charge < -0.3 is 23.5 Å². The minimum atomic E-state index is -0.00117. The van der Waals surface area contributed by atoms with Gasteiger partial charge in [0.2, 0.25) is 0 Å². The van der Waals surface area contributed by atoms with Gasteiger partial charge in [-0.05, 0) is 26.0 Å². The second-order valence-electron chi connectivity index (χ2n) is 7.11. The zero-order valence-electron chi connectivity index (χ0n) is 16.9. The SMILES string of the molecule is COCCN(C)C(=O)c1cc2c(c3ccccc3n2C(C)C)n1CCOC. The Morgan fingerprint density at radius 1 is 1.11 bits per heavy atom. The molecule has 0 N–H and O–H groups in total. The lowest BCUT2D eigenvalue weighted by Crippen LogP contribution is -2.31. The number of nitrogens with zero attached hydrogens (tertiary/aromatic N) is 3. The summed E-state index contributed by atoms with van der Waals surface area (Å²) in [5, 5.41) is 1.16. The highest BCUT2D eigenvalue weighted by Gasteiger charge is 2.24. The van der Waals surface area contributed by atoms with E-state index in [4.69, 9.17) is 9.47 Å². The molecule has 1 amide bonds. The van der Waals surface area contributed by atoms with Gasteiger partial charge in [-0.15, -0.1) is 0 Å². The highest BCUT2D eigenvalue weighted by molar-refractivity contribution is 6.10. The zero-order chi connectivity index (χ0) is 19.6. The molecule has 146 valence electrons. The second kappa shape index (κ2) is 8.15. The first-order chi connectivity index (χ1) is 13.0. The number of fused-ring (bicyclic) bond motifs is 3. The molecule has 27 heavy (non-hydrogen) atoms. The van der Waals surface area contributed by atoms with Crippen molar-refractivity contribution in [3.05, 3.63) is 36.0 Å². The third kappa shape index (κ3) is 3.47. The van der Waals surface area contributed by atoms with E-state index in [0.29, 0.717) is 38.0 Å². The van der Waals surface area contributed by atoms with Crippen LogP contribution in [0.4, 0.5) is 0 Å². The Bertz CT molecular complexity index is 939. The van der Waals surface area contributed by atoms with Crippen LogP contribution in [-0.2, 0) is 16.0 Å². The van der Waals surface area contributed by atoms with Crippen molar-refractivity contribution >= 4 is 27.8 Å². The average Bonchev–Trinajstić information content (AvgIpc) is 3.18. The number of methoxy groups -OCH3 is 2. The van der Waals surface area contributed by atoms with Crippen LogP contribution in [0.25, 0.3) is 21.9 Å². The minimum absolute atomic E-state index is 0.00117. The fourth-order valence-corrected chi connectivity index (χ4v) is 3.69. The molecule has 0 fully saturated rings. The summed E-state index contributed by atoms with van der Waals surface area (Å²) in [4.78, 5) is 14.8. The van der Waals surface area contributed by atoms with Crippen molar-refractivity contribution in [2.45, 2.75) is 26.4 Å². The highest BCUT2D eigenvalue weighted by atomic mass is 16.5. The van der Waals surface area contributed by atoms with E-state index in [1.54, 1.807) is 19.1 Å². The summed E-state index contributed by atoms with van der Waals surface area (Å²) in [6.45, 7) is 6.59. The predicted molar refractivity (Wildman–Crippen MR) is 109 cm³/mol. The van der Waals surface area contributed by atoms with E-state index in [0.717, 1.165) is 16.4 Å². The summed E-state index contributed by atoms with van der Waals surface area (Å²) >= 11 is 0. The molecule has 0 aliphatic heterocycles. The number of rotatable bonds is 8. The Morgan fingerprint density at radius 3 is 2.48 bits per heavy atom. The Labute approximate surface area is 160 Å². The molecule has 6 heteroatoms. The van der Waals surface area contributed by atoms with E-state index < -0.39 is 0 Å². The molecule has 3 aromatic rings. The summed E-state index contributed by atoms with van der Waals surface area (Å²) < 4.78 is 14.8. The fourth-order valence-electron chi connectivity index (χ4n) is 3.69. The molecule has 0 atom stereocenters. The summed E-state index contributed by atoms with van der Waals surface area (Å²) in [6.07, 6.45) is 0. The first kappa shape index (κ1) is 19.5. The molecule has 2 aromatic heterocycles. The van der Waals surface area contributed by atoms with Crippen molar-refractivity contribution in [2.75, 3.05) is 41.0 Å². The topological polar surface area (TPSA) is 48.6 Å². The minimum Gasteiger partial charge on any atom is -0.383 e. The maximum Gasteiger partial charge on any atom is 0.270 e. The normalized spacial score (nSPS) is 11.8. The number of benzene rings is 1. The largest absolute Gasteiger partial charge is 0.383 e. The quantitative estimate of drug-likeness (QED) is 0.608. The van der Waals surface area contributed by atoms with E-state index in [1.807, 2.05) is 19.2 Å². The van der Waals surface area contributed by atoms with Crippen LogP contribution in [0, 0.1) is 0 Å². The van der Waals surface area contributed by atoms with Gasteiger partial charge in [0.1, 0.15) is 5.69 Å². The standard InChI is InChI=1S/C21H29N3O3/c1-15(2)24-17-9-7-6-8-16(17)20-18(24)14-19(23(20)11-13-27-5)21(25)22(3)10-12-26-4/h6-9,14-15H,10-13H2,1-5H3. The first-order valence-corrected chi connectivity index (χ1v) is 9.36. The maximum atomic E-state index is 13.1. The number of carbonyl (C=O) groups excluding carboxylic acids is 1. The third-order valence-corrected chi connectivity index (χ3v) is 4.99. The first-order valence-electron chi connectivity index (χ1n) is 9.36. The maximum absolute atomic E-state index is 13.1. The Balaban J connectivity index is 2.22.